The summed E-state index contributed by atoms with van der Waals surface area (Å²) in [4.78, 5) is 19.6. The number of carbonyl (C=O) groups is 2. The third-order valence-electron chi connectivity index (χ3n) is 0.817. The monoisotopic (exact) mass is 229 g/mol. The van der Waals surface area contributed by atoms with Crippen molar-refractivity contribution in [1.29, 1.82) is 0 Å². The minimum absolute atomic E-state index is 1.07. The van der Waals surface area contributed by atoms with Gasteiger partial charge in [0.1, 0.15) is 0 Å². The van der Waals surface area contributed by atoms with Crippen LogP contribution in [0.5, 0.6) is 0 Å². The zero-order chi connectivity index (χ0) is 11.1. The zero-order valence-electron chi connectivity index (χ0n) is 6.22. The van der Waals surface area contributed by atoms with Gasteiger partial charge in [0.25, 0.3) is 0 Å². The average Bonchev–Trinajstić information content (AvgIpc) is 1.85. The van der Waals surface area contributed by atoms with Gasteiger partial charge in [0.15, 0.2) is 0 Å². The summed E-state index contributed by atoms with van der Waals surface area (Å²) >= 11 is -1.62. The van der Waals surface area contributed by atoms with Crippen molar-refractivity contribution in [1.82, 2.24) is 0 Å². The summed E-state index contributed by atoms with van der Waals surface area (Å²) in [5.74, 6) is -3.63. The van der Waals surface area contributed by atoms with Crippen molar-refractivity contribution in [3.05, 3.63) is 6.92 Å². The second kappa shape index (κ2) is 6.68. The molecule has 77 valence electrons. The van der Waals surface area contributed by atoms with Gasteiger partial charge in [0.05, 0.1) is 0 Å². The van der Waals surface area contributed by atoms with Crippen molar-refractivity contribution in [2.45, 2.75) is 12.0 Å². The molecule has 0 heterocycles. The molecule has 0 spiro atoms. The van der Waals surface area contributed by atoms with E-state index in [1.807, 2.05) is 0 Å². The van der Waals surface area contributed by atoms with Gasteiger partial charge in [-0.1, -0.05) is 0 Å². The van der Waals surface area contributed by atoms with Crippen LogP contribution in [0.15, 0.2) is 0 Å². The van der Waals surface area contributed by atoms with Crippen LogP contribution >= 0.6 is 0 Å². The van der Waals surface area contributed by atoms with E-state index >= 15 is 0 Å². The fourth-order valence-electron chi connectivity index (χ4n) is 0.311. The molecule has 0 aromatic rings. The summed E-state index contributed by atoms with van der Waals surface area (Å²) in [5, 5.41) is 28.1. The van der Waals surface area contributed by atoms with Crippen molar-refractivity contribution >= 4 is 11.9 Å². The average molecular weight is 229 g/mol. The standard InChI is InChI=1S/C5H7O5.Cr.2O/c1-5(10,4(8)9)2-3(6)7;;;/h10H,1-2H2,(H,6,7)(H,8,9);;;/q-1;;;-1/p-2. The minimum atomic E-state index is -2.58. The molecule has 1 N–H and O–H groups in total. The molecular weight excluding hydrogens is 224 g/mol. The molecule has 0 saturated heterocycles. The van der Waals surface area contributed by atoms with Crippen LogP contribution in [-0.4, -0.2) is 22.6 Å². The van der Waals surface area contributed by atoms with E-state index in [1.165, 1.54) is 0 Å². The molecule has 0 aromatic carbocycles. The van der Waals surface area contributed by atoms with E-state index < -0.39 is 39.4 Å². The molecule has 0 bridgehead atoms. The van der Waals surface area contributed by atoms with E-state index in [-0.39, 0.29) is 0 Å². The van der Waals surface area contributed by atoms with Gasteiger partial charge in [-0.05, 0) is 12.0 Å². The molecule has 1 unspecified atom stereocenters. The predicted octanol–water partition coefficient (Wildman–Crippen LogP) is -4.87. The number of rotatable bonds is 3. The van der Waals surface area contributed by atoms with Gasteiger partial charge in [-0.15, -0.1) is 0 Å². The molecule has 1 atom stereocenters. The molecule has 0 aliphatic carbocycles. The molecule has 0 radical (unpaired) electrons. The first-order chi connectivity index (χ1) is 5.77. The van der Waals surface area contributed by atoms with Crippen molar-refractivity contribution in [2.75, 3.05) is 0 Å². The first-order valence-electron chi connectivity index (χ1n) is 2.68. The second-order valence-corrected chi connectivity index (χ2v) is 2.15. The summed E-state index contributed by atoms with van der Waals surface area (Å²) in [6, 6.07) is 0. The number of aliphatic carboxylic acids is 2. The quantitative estimate of drug-likeness (QED) is 0.478. The van der Waals surface area contributed by atoms with Crippen LogP contribution in [0.4, 0.5) is 0 Å². The number of carboxylic acids is 2. The molecular formula is C5H5CrO7-4. The molecule has 8 heteroatoms. The van der Waals surface area contributed by atoms with Crippen LogP contribution in [0.1, 0.15) is 6.42 Å². The van der Waals surface area contributed by atoms with Crippen LogP contribution in [0, 0.1) is 6.92 Å². The molecule has 0 aromatic heterocycles. The summed E-state index contributed by atoms with van der Waals surface area (Å²) in [5.41, 5.74) is -2.58. The molecule has 0 aliphatic rings. The Morgan fingerprint density at radius 3 is 1.85 bits per heavy atom. The van der Waals surface area contributed by atoms with Crippen LogP contribution < -0.4 is 14.4 Å². The Hall–Kier alpha value is -0.808. The number of hydrogen-bond acceptors (Lipinski definition) is 7. The fourth-order valence-corrected chi connectivity index (χ4v) is 0.311. The van der Waals surface area contributed by atoms with Crippen LogP contribution in [-0.2, 0) is 28.9 Å². The third kappa shape index (κ3) is 9.10. The maximum atomic E-state index is 9.84. The van der Waals surface area contributed by atoms with Gasteiger partial charge in [-0.3, -0.25) is 0 Å². The van der Waals surface area contributed by atoms with Gasteiger partial charge in [-0.2, -0.15) is 0 Å². The molecule has 0 saturated carbocycles. The summed E-state index contributed by atoms with van der Waals surface area (Å²) in [6.45, 7) is 2.68. The van der Waals surface area contributed by atoms with E-state index in [2.05, 4.69) is 6.92 Å². The number of hydrogen-bond donors (Lipinski definition) is 1. The van der Waals surface area contributed by atoms with Crippen molar-refractivity contribution in [2.24, 2.45) is 0 Å². The Kier molecular flexibility index (Phi) is 7.56. The SMILES string of the molecule is [CH2-]C(O)(CC(=O)[O-])C(=O)[O-].[O]=[Cr][O-]. The predicted molar refractivity (Wildman–Crippen MR) is 25.6 cm³/mol. The van der Waals surface area contributed by atoms with Crippen LogP contribution in [0.2, 0.25) is 0 Å². The van der Waals surface area contributed by atoms with Crippen LogP contribution in [0.25, 0.3) is 0 Å². The van der Waals surface area contributed by atoms with E-state index in [1.54, 1.807) is 0 Å². The summed E-state index contributed by atoms with van der Waals surface area (Å²) < 4.78 is 16.9. The van der Waals surface area contributed by atoms with E-state index in [0.29, 0.717) is 0 Å². The topological polar surface area (TPSA) is 141 Å². The zero-order valence-corrected chi connectivity index (χ0v) is 7.49. The Balaban J connectivity index is 0. The maximum absolute atomic E-state index is 9.84. The molecule has 13 heavy (non-hydrogen) atoms. The third-order valence-corrected chi connectivity index (χ3v) is 0.817. The number of carbonyl (C=O) groups excluding carboxylic acids is 2. The molecule has 0 aliphatic heterocycles. The van der Waals surface area contributed by atoms with Gasteiger partial charge in [-0.25, -0.2) is 0 Å². The van der Waals surface area contributed by atoms with Crippen molar-refractivity contribution in [3.8, 4) is 0 Å². The van der Waals surface area contributed by atoms with Gasteiger partial charge >= 0.3 is 23.4 Å². The van der Waals surface area contributed by atoms with Gasteiger partial charge in [0, 0.05) is 11.9 Å². The fraction of sp³-hybridized carbons (Fsp3) is 0.400. The Morgan fingerprint density at radius 1 is 1.46 bits per heavy atom. The molecule has 0 amide bonds. The first-order valence-corrected chi connectivity index (χ1v) is 3.73. The van der Waals surface area contributed by atoms with Gasteiger partial charge < -0.3 is 31.8 Å². The Bertz CT molecular complexity index is 199. The first kappa shape index (κ1) is 14.7. The number of carboxylic acid groups (broad SMARTS) is 2. The van der Waals surface area contributed by atoms with Crippen molar-refractivity contribution < 1.29 is 48.4 Å². The Labute approximate surface area is 79.9 Å². The summed E-state index contributed by atoms with van der Waals surface area (Å²) in [7, 11) is 0. The Morgan fingerprint density at radius 2 is 1.77 bits per heavy atom. The number of aliphatic hydroxyl groups is 1. The van der Waals surface area contributed by atoms with E-state index in [9.17, 15) is 19.8 Å². The molecule has 0 fully saturated rings. The van der Waals surface area contributed by atoms with E-state index in [4.69, 9.17) is 13.1 Å². The van der Waals surface area contributed by atoms with Gasteiger partial charge in [0.2, 0.25) is 0 Å². The second-order valence-electron chi connectivity index (χ2n) is 1.94. The summed E-state index contributed by atoms with van der Waals surface area (Å²) in [6.07, 6.45) is -1.07. The normalized spacial score (nSPS) is 13.2. The molecule has 7 nitrogen and oxygen atoms in total. The molecule has 0 rings (SSSR count). The van der Waals surface area contributed by atoms with Crippen molar-refractivity contribution in [3.63, 3.8) is 0 Å². The van der Waals surface area contributed by atoms with Crippen LogP contribution in [0.3, 0.4) is 0 Å². The van der Waals surface area contributed by atoms with E-state index in [0.717, 1.165) is 0 Å².